The monoisotopic (exact) mass is 274 g/mol. The topological polar surface area (TPSA) is 95.9 Å². The van der Waals surface area contributed by atoms with Gasteiger partial charge in [-0.15, -0.1) is 0 Å². The summed E-state index contributed by atoms with van der Waals surface area (Å²) in [5.74, 6) is -0.769. The van der Waals surface area contributed by atoms with Gasteiger partial charge in [0.15, 0.2) is 11.2 Å². The second kappa shape index (κ2) is 5.83. The Balaban J connectivity index is 0.00000144. The van der Waals surface area contributed by atoms with Crippen LogP contribution in [-0.4, -0.2) is 42.0 Å². The van der Waals surface area contributed by atoms with Crippen LogP contribution in [0.5, 0.6) is 0 Å². The summed E-state index contributed by atoms with van der Waals surface area (Å²) in [6.45, 7) is -0.0391. The fourth-order valence-electron chi connectivity index (χ4n) is 2.26. The summed E-state index contributed by atoms with van der Waals surface area (Å²) in [6.07, 6.45) is 3.33. The molecule has 1 aliphatic heterocycles. The first-order chi connectivity index (χ1) is 7.43. The summed E-state index contributed by atoms with van der Waals surface area (Å²) in [4.78, 5) is 0. The predicted octanol–water partition coefficient (Wildman–Crippen LogP) is -3.07. The molecular formula is C9H15NaO6S. The van der Waals surface area contributed by atoms with Crippen molar-refractivity contribution in [2.45, 2.75) is 49.4 Å². The normalized spacial score (nSPS) is 29.9. The first-order valence-corrected chi connectivity index (χ1v) is 6.85. The molecule has 1 unspecified atom stereocenters. The van der Waals surface area contributed by atoms with Gasteiger partial charge in [0, 0.05) is 12.8 Å². The zero-order valence-electron chi connectivity index (χ0n) is 9.79. The van der Waals surface area contributed by atoms with E-state index < -0.39 is 27.4 Å². The van der Waals surface area contributed by atoms with E-state index in [4.69, 9.17) is 9.47 Å². The summed E-state index contributed by atoms with van der Waals surface area (Å²) in [6, 6.07) is 0. The summed E-state index contributed by atoms with van der Waals surface area (Å²) >= 11 is 0. The second-order valence-electron chi connectivity index (χ2n) is 4.32. The quantitative estimate of drug-likeness (QED) is 0.424. The number of aliphatic hydroxyl groups is 1. The van der Waals surface area contributed by atoms with Gasteiger partial charge in [0.05, 0.1) is 6.61 Å². The zero-order chi connectivity index (χ0) is 11.8. The molecule has 0 aromatic rings. The van der Waals surface area contributed by atoms with Crippen molar-refractivity contribution in [3.63, 3.8) is 0 Å². The molecule has 2 aliphatic rings. The summed E-state index contributed by atoms with van der Waals surface area (Å²) in [5.41, 5.74) is -2.03. The van der Waals surface area contributed by atoms with Crippen LogP contribution in [0.2, 0.25) is 0 Å². The Labute approximate surface area is 123 Å². The third-order valence-corrected chi connectivity index (χ3v) is 4.00. The minimum atomic E-state index is -4.74. The molecule has 94 valence electrons. The molecular weight excluding hydrogens is 259 g/mol. The van der Waals surface area contributed by atoms with E-state index in [0.29, 0.717) is 12.8 Å². The number of hydrogen-bond acceptors (Lipinski definition) is 6. The summed E-state index contributed by atoms with van der Waals surface area (Å²) < 4.78 is 42.8. The number of aliphatic hydroxyl groups excluding tert-OH is 1. The van der Waals surface area contributed by atoms with Crippen molar-refractivity contribution in [2.75, 3.05) is 6.61 Å². The van der Waals surface area contributed by atoms with Gasteiger partial charge >= 0.3 is 29.6 Å². The van der Waals surface area contributed by atoms with E-state index >= 15 is 0 Å². The van der Waals surface area contributed by atoms with Crippen molar-refractivity contribution in [1.82, 2.24) is 0 Å². The van der Waals surface area contributed by atoms with Gasteiger partial charge in [-0.1, -0.05) is 6.42 Å². The van der Waals surface area contributed by atoms with Gasteiger partial charge in [-0.05, 0) is 12.8 Å². The Morgan fingerprint density at radius 1 is 1.29 bits per heavy atom. The molecule has 0 aromatic carbocycles. The average Bonchev–Trinajstić information content (AvgIpc) is 2.61. The van der Waals surface area contributed by atoms with Gasteiger partial charge in [-0.2, -0.15) is 0 Å². The molecule has 1 heterocycles. The minimum absolute atomic E-state index is 0. The third kappa shape index (κ3) is 3.63. The van der Waals surface area contributed by atoms with Crippen molar-refractivity contribution in [2.24, 2.45) is 0 Å². The molecule has 0 bridgehead atoms. The fourth-order valence-corrected chi connectivity index (χ4v) is 2.76. The van der Waals surface area contributed by atoms with Gasteiger partial charge in [0.25, 0.3) is 0 Å². The van der Waals surface area contributed by atoms with Crippen molar-refractivity contribution in [1.29, 1.82) is 0 Å². The molecule has 0 radical (unpaired) electrons. The molecule has 1 saturated carbocycles. The zero-order valence-corrected chi connectivity index (χ0v) is 12.6. The largest absolute Gasteiger partial charge is 1.00 e. The molecule has 1 aliphatic carbocycles. The fraction of sp³-hybridized carbons (Fsp3) is 1.00. The van der Waals surface area contributed by atoms with E-state index in [1.54, 1.807) is 0 Å². The van der Waals surface area contributed by atoms with E-state index in [2.05, 4.69) is 0 Å². The molecule has 0 amide bonds. The molecule has 0 aromatic heterocycles. The number of rotatable bonds is 2. The van der Waals surface area contributed by atoms with Crippen molar-refractivity contribution < 1.29 is 57.1 Å². The van der Waals surface area contributed by atoms with Crippen LogP contribution in [0, 0.1) is 0 Å². The molecule has 2 rings (SSSR count). The maximum atomic E-state index is 10.6. The molecule has 8 heteroatoms. The summed E-state index contributed by atoms with van der Waals surface area (Å²) in [7, 11) is -4.74. The number of hydrogen-bond donors (Lipinski definition) is 1. The maximum Gasteiger partial charge on any atom is 1.00 e. The third-order valence-electron chi connectivity index (χ3n) is 3.11. The van der Waals surface area contributed by atoms with Crippen LogP contribution < -0.4 is 29.6 Å². The second-order valence-corrected chi connectivity index (χ2v) is 5.79. The molecule has 6 nitrogen and oxygen atoms in total. The molecule has 2 atom stereocenters. The van der Waals surface area contributed by atoms with E-state index in [-0.39, 0.29) is 36.2 Å². The summed E-state index contributed by atoms with van der Waals surface area (Å²) in [5, 5.41) is 9.29. The van der Waals surface area contributed by atoms with Gasteiger partial charge < -0.3 is 19.1 Å². The molecule has 1 N–H and O–H groups in total. The van der Waals surface area contributed by atoms with Gasteiger partial charge in [0.1, 0.15) is 16.2 Å². The molecule has 2 fully saturated rings. The molecule has 17 heavy (non-hydrogen) atoms. The first kappa shape index (κ1) is 15.8. The van der Waals surface area contributed by atoms with Crippen LogP contribution in [-0.2, 0) is 19.6 Å². The Morgan fingerprint density at radius 3 is 2.41 bits per heavy atom. The minimum Gasteiger partial charge on any atom is -0.746 e. The van der Waals surface area contributed by atoms with Crippen LogP contribution in [0.15, 0.2) is 0 Å². The van der Waals surface area contributed by atoms with Crippen LogP contribution in [0.1, 0.15) is 32.1 Å². The van der Waals surface area contributed by atoms with Crippen molar-refractivity contribution in [3.8, 4) is 0 Å². The maximum absolute atomic E-state index is 10.6. The standard InChI is InChI=1S/C9H16O6S.Na/c10-8(16(11,12)13)7-6-14-9(15-7)4-2-1-3-5-9;/h7-8,10H,1-6H2,(H,11,12,13);/q;+1/p-1/t7-,8?;/m1./s1. The van der Waals surface area contributed by atoms with Crippen LogP contribution in [0.4, 0.5) is 0 Å². The van der Waals surface area contributed by atoms with Gasteiger partial charge in [-0.3, -0.25) is 0 Å². The molecule has 1 saturated heterocycles. The van der Waals surface area contributed by atoms with Crippen LogP contribution >= 0.6 is 0 Å². The predicted molar refractivity (Wildman–Crippen MR) is 52.3 cm³/mol. The Hall–Kier alpha value is 0.790. The Bertz CT molecular complexity index is 350. The Kier molecular flexibility index (Phi) is 5.44. The average molecular weight is 274 g/mol. The van der Waals surface area contributed by atoms with Crippen molar-refractivity contribution >= 4 is 10.1 Å². The van der Waals surface area contributed by atoms with Gasteiger partial charge in [0.2, 0.25) is 0 Å². The number of ether oxygens (including phenoxy) is 2. The van der Waals surface area contributed by atoms with Crippen LogP contribution in [0.25, 0.3) is 0 Å². The first-order valence-electron chi connectivity index (χ1n) is 5.38. The molecule has 1 spiro atoms. The van der Waals surface area contributed by atoms with Crippen molar-refractivity contribution in [3.05, 3.63) is 0 Å². The Morgan fingerprint density at radius 2 is 1.88 bits per heavy atom. The van der Waals surface area contributed by atoms with E-state index in [1.165, 1.54) is 0 Å². The van der Waals surface area contributed by atoms with E-state index in [0.717, 1.165) is 19.3 Å². The van der Waals surface area contributed by atoms with E-state index in [9.17, 15) is 18.1 Å². The van der Waals surface area contributed by atoms with Crippen LogP contribution in [0.3, 0.4) is 0 Å². The van der Waals surface area contributed by atoms with E-state index in [1.807, 2.05) is 0 Å². The van der Waals surface area contributed by atoms with Gasteiger partial charge in [-0.25, -0.2) is 8.42 Å². The SMILES string of the molecule is O=S(=O)([O-])C(O)[C@H]1COC2(CCCCC2)O1.[Na+]. The smallest absolute Gasteiger partial charge is 0.746 e.